The molecule has 55 heavy (non-hydrogen) atoms. The van der Waals surface area contributed by atoms with Crippen molar-refractivity contribution in [2.45, 2.75) is 135 Å². The molecule has 8 rings (SSSR count). The Kier molecular flexibility index (Phi) is 13.0. The molecule has 2 heterocycles. The monoisotopic (exact) mass is 736 g/mol. The maximum absolute atomic E-state index is 6.12. The summed E-state index contributed by atoms with van der Waals surface area (Å²) in [5.41, 5.74) is 15.5. The van der Waals surface area contributed by atoms with Gasteiger partial charge in [0.25, 0.3) is 0 Å². The van der Waals surface area contributed by atoms with Crippen molar-refractivity contribution >= 4 is 25.2 Å². The Morgan fingerprint density at radius 3 is 1.11 bits per heavy atom. The van der Waals surface area contributed by atoms with Crippen molar-refractivity contribution < 1.29 is 18.6 Å². The molecule has 0 N–H and O–H groups in total. The van der Waals surface area contributed by atoms with E-state index in [2.05, 4.69) is 86.6 Å². The normalized spacial score (nSPS) is 16.3. The molecule has 0 radical (unpaired) electrons. The number of unbranched alkanes of at least 4 members (excludes halogenated alkanes) is 14. The van der Waals surface area contributed by atoms with Crippen LogP contribution in [0.3, 0.4) is 0 Å². The van der Waals surface area contributed by atoms with Gasteiger partial charge in [0, 0.05) is 0 Å². The van der Waals surface area contributed by atoms with Gasteiger partial charge in [-0.3, -0.25) is 0 Å². The van der Waals surface area contributed by atoms with E-state index in [1.807, 2.05) is 0 Å². The van der Waals surface area contributed by atoms with E-state index in [1.54, 1.807) is 0 Å². The van der Waals surface area contributed by atoms with Crippen molar-refractivity contribution in [1.82, 2.24) is 0 Å². The third kappa shape index (κ3) is 8.04. The summed E-state index contributed by atoms with van der Waals surface area (Å²) in [7, 11) is -0.660. The van der Waals surface area contributed by atoms with Gasteiger partial charge in [-0.15, -0.1) is 0 Å². The van der Waals surface area contributed by atoms with E-state index >= 15 is 0 Å². The second-order valence-electron chi connectivity index (χ2n) is 16.7. The van der Waals surface area contributed by atoms with Gasteiger partial charge in [-0.25, -0.2) is 0 Å². The highest BCUT2D eigenvalue weighted by Gasteiger charge is 2.53. The summed E-state index contributed by atoms with van der Waals surface area (Å²) in [4.78, 5) is 0. The lowest BCUT2D eigenvalue weighted by atomic mass is 9.66. The molecule has 4 aromatic rings. The summed E-state index contributed by atoms with van der Waals surface area (Å²) >= 11 is 0. The summed E-state index contributed by atoms with van der Waals surface area (Å²) in [6.07, 6.45) is 23.6. The van der Waals surface area contributed by atoms with E-state index in [0.29, 0.717) is 26.4 Å². The molecule has 2 aliphatic heterocycles. The van der Waals surface area contributed by atoms with Crippen LogP contribution in [0.1, 0.15) is 150 Å². The predicted octanol–water partition coefficient (Wildman–Crippen LogP) is 10.9. The highest BCUT2D eigenvalue weighted by molar-refractivity contribution is 6.62. The lowest BCUT2D eigenvalue weighted by molar-refractivity contribution is 0.365. The molecule has 6 heteroatoms. The molecule has 2 aliphatic carbocycles. The molecule has 2 saturated heterocycles. The third-order valence-corrected chi connectivity index (χ3v) is 12.9. The van der Waals surface area contributed by atoms with Gasteiger partial charge in [0.2, 0.25) is 0 Å². The second kappa shape index (κ2) is 18.4. The molecule has 288 valence electrons. The van der Waals surface area contributed by atoms with E-state index in [-0.39, 0.29) is 14.2 Å². The van der Waals surface area contributed by atoms with Gasteiger partial charge < -0.3 is 18.6 Å². The fourth-order valence-electron chi connectivity index (χ4n) is 9.99. The van der Waals surface area contributed by atoms with Crippen LogP contribution in [0.2, 0.25) is 0 Å². The maximum atomic E-state index is 6.12. The second-order valence-corrected chi connectivity index (χ2v) is 16.7. The van der Waals surface area contributed by atoms with Gasteiger partial charge in [0.05, 0.1) is 31.8 Å². The zero-order chi connectivity index (χ0) is 37.5. The summed E-state index contributed by atoms with van der Waals surface area (Å²) in [6, 6.07) is 28.8. The SMILES string of the molecule is CCCCCCCCCCc1ccc2c(c1)C1(c3cc(CCCCCCCCCC)ccc3-2)c2cc(B3OCCO3)ccc2-c2ccc(B3OCCO3)cc21. The number of rotatable bonds is 20. The lowest BCUT2D eigenvalue weighted by Gasteiger charge is -2.32. The highest BCUT2D eigenvalue weighted by atomic mass is 16.6. The van der Waals surface area contributed by atoms with Crippen molar-refractivity contribution in [2.24, 2.45) is 0 Å². The van der Waals surface area contributed by atoms with Crippen LogP contribution >= 0.6 is 0 Å². The molecule has 0 amide bonds. The molecule has 2 fully saturated rings. The molecular formula is C49H62B2O4. The number of hydrogen-bond donors (Lipinski definition) is 0. The van der Waals surface area contributed by atoms with Gasteiger partial charge in [-0.2, -0.15) is 0 Å². The molecule has 0 aromatic heterocycles. The topological polar surface area (TPSA) is 36.9 Å². The van der Waals surface area contributed by atoms with Crippen LogP contribution < -0.4 is 10.9 Å². The van der Waals surface area contributed by atoms with Crippen LogP contribution in [0.15, 0.2) is 72.8 Å². The minimum Gasteiger partial charge on any atom is -0.405 e. The van der Waals surface area contributed by atoms with Crippen molar-refractivity contribution in [1.29, 1.82) is 0 Å². The molecule has 0 unspecified atom stereocenters. The van der Waals surface area contributed by atoms with E-state index in [0.717, 1.165) is 23.8 Å². The molecule has 4 nitrogen and oxygen atoms in total. The van der Waals surface area contributed by atoms with Crippen LogP contribution in [-0.2, 0) is 36.9 Å². The standard InChI is InChI=1S/C49H62B2O4/c1-3-5-7-9-11-13-15-17-19-37-21-25-41-42-26-22-38(20-18-16-14-12-10-8-6-4-2)34-46(42)49(45(41)33-37)47-35-39(50-52-29-30-53-50)23-27-43(47)44-28-24-40(36-48(44)49)51-54-31-32-55-51/h21-28,33-36H,3-20,29-32H2,1-2H3. The quantitative estimate of drug-likeness (QED) is 0.0578. The van der Waals surface area contributed by atoms with Gasteiger partial charge >= 0.3 is 14.2 Å². The molecule has 4 aromatic carbocycles. The molecular weight excluding hydrogens is 674 g/mol. The maximum Gasteiger partial charge on any atom is 0.494 e. The first-order valence-electron chi connectivity index (χ1n) is 22.2. The minimum absolute atomic E-state index is 0.330. The van der Waals surface area contributed by atoms with E-state index in [9.17, 15) is 0 Å². The smallest absolute Gasteiger partial charge is 0.405 e. The fourth-order valence-corrected chi connectivity index (χ4v) is 9.99. The van der Waals surface area contributed by atoms with Crippen LogP contribution in [-0.4, -0.2) is 40.7 Å². The Morgan fingerprint density at radius 2 is 0.727 bits per heavy atom. The summed E-state index contributed by atoms with van der Waals surface area (Å²) in [5.74, 6) is 0. The first-order valence-corrected chi connectivity index (χ1v) is 22.2. The molecule has 0 bridgehead atoms. The van der Waals surface area contributed by atoms with Gasteiger partial charge in [0.15, 0.2) is 0 Å². The molecule has 4 aliphatic rings. The van der Waals surface area contributed by atoms with Gasteiger partial charge in [-0.05, 0) is 92.2 Å². The molecule has 0 saturated carbocycles. The third-order valence-electron chi connectivity index (χ3n) is 12.9. The van der Waals surface area contributed by atoms with Crippen molar-refractivity contribution in [3.05, 3.63) is 106 Å². The Bertz CT molecular complexity index is 1760. The Labute approximate surface area is 332 Å². The van der Waals surface area contributed by atoms with Gasteiger partial charge in [0.1, 0.15) is 0 Å². The number of aryl methyl sites for hydroxylation is 2. The zero-order valence-corrected chi connectivity index (χ0v) is 33.8. The average molecular weight is 737 g/mol. The predicted molar refractivity (Wildman–Crippen MR) is 230 cm³/mol. The Hall–Kier alpha value is -3.15. The minimum atomic E-state index is -0.455. The molecule has 1 spiro atoms. The van der Waals surface area contributed by atoms with E-state index < -0.39 is 5.41 Å². The summed E-state index contributed by atoms with van der Waals surface area (Å²) in [6.45, 7) is 7.13. The number of hydrogen-bond acceptors (Lipinski definition) is 4. The first-order chi connectivity index (χ1) is 27.2. The molecule has 0 atom stereocenters. The Morgan fingerprint density at radius 1 is 0.400 bits per heavy atom. The van der Waals surface area contributed by atoms with E-state index in [1.165, 1.54) is 158 Å². The highest BCUT2D eigenvalue weighted by Crippen LogP contribution is 2.62. The van der Waals surface area contributed by atoms with Gasteiger partial charge in [-0.1, -0.05) is 177 Å². The first kappa shape index (κ1) is 38.7. The summed E-state index contributed by atoms with van der Waals surface area (Å²) in [5, 5.41) is 0. The summed E-state index contributed by atoms with van der Waals surface area (Å²) < 4.78 is 24.5. The number of benzene rings is 4. The van der Waals surface area contributed by atoms with Crippen LogP contribution in [0, 0.1) is 0 Å². The van der Waals surface area contributed by atoms with Crippen molar-refractivity contribution in [3.63, 3.8) is 0 Å². The lowest BCUT2D eigenvalue weighted by Crippen LogP contribution is -2.35. The largest absolute Gasteiger partial charge is 0.494 e. The van der Waals surface area contributed by atoms with Crippen LogP contribution in [0.25, 0.3) is 22.3 Å². The Balaban J connectivity index is 1.18. The zero-order valence-electron chi connectivity index (χ0n) is 33.8. The van der Waals surface area contributed by atoms with Crippen LogP contribution in [0.4, 0.5) is 0 Å². The van der Waals surface area contributed by atoms with Crippen molar-refractivity contribution in [2.75, 3.05) is 26.4 Å². The van der Waals surface area contributed by atoms with Crippen LogP contribution in [0.5, 0.6) is 0 Å². The van der Waals surface area contributed by atoms with E-state index in [4.69, 9.17) is 18.6 Å². The fraction of sp³-hybridized carbons (Fsp3) is 0.510. The number of fused-ring (bicyclic) bond motifs is 10. The van der Waals surface area contributed by atoms with Crippen molar-refractivity contribution in [3.8, 4) is 22.3 Å². The average Bonchev–Trinajstić information content (AvgIpc) is 4.04.